The third kappa shape index (κ3) is 6.60. The van der Waals surface area contributed by atoms with Gasteiger partial charge in [0, 0.05) is 6.42 Å². The van der Waals surface area contributed by atoms with Crippen LogP contribution >= 0.6 is 0 Å². The van der Waals surface area contributed by atoms with Crippen LogP contribution in [0.15, 0.2) is 29.3 Å². The van der Waals surface area contributed by atoms with Gasteiger partial charge in [0.15, 0.2) is 0 Å². The first-order chi connectivity index (χ1) is 12.7. The lowest BCUT2D eigenvalue weighted by Gasteiger charge is -2.16. The highest BCUT2D eigenvalue weighted by Gasteiger charge is 2.33. The van der Waals surface area contributed by atoms with Crippen molar-refractivity contribution in [1.82, 2.24) is 0 Å². The molecule has 0 radical (unpaired) electrons. The molecule has 1 N–H and O–H groups in total. The van der Waals surface area contributed by atoms with E-state index in [9.17, 15) is 18.0 Å². The van der Waals surface area contributed by atoms with Crippen LogP contribution in [0.2, 0.25) is 0 Å². The first-order valence-corrected chi connectivity index (χ1v) is 9.41. The Bertz CT molecular complexity index is 690. The summed E-state index contributed by atoms with van der Waals surface area (Å²) in [6, 6.07) is 3.81. The summed E-state index contributed by atoms with van der Waals surface area (Å²) in [4.78, 5) is 10.7. The number of hydrogen-bond donors (Lipinski definition) is 1. The zero-order chi connectivity index (χ0) is 20.0. The monoisotopic (exact) mass is 384 g/mol. The average molecular weight is 384 g/mol. The van der Waals surface area contributed by atoms with Crippen molar-refractivity contribution in [3.8, 4) is 5.75 Å². The predicted octanol–water partition coefficient (Wildman–Crippen LogP) is 6.02. The van der Waals surface area contributed by atoms with Gasteiger partial charge in [0.05, 0.1) is 5.56 Å². The van der Waals surface area contributed by atoms with Crippen LogP contribution in [-0.4, -0.2) is 17.7 Å². The summed E-state index contributed by atoms with van der Waals surface area (Å²) >= 11 is 0. The van der Waals surface area contributed by atoms with Crippen LogP contribution in [0.4, 0.5) is 13.2 Å². The molecule has 0 amide bonds. The summed E-state index contributed by atoms with van der Waals surface area (Å²) in [6.45, 7) is 4.67. The highest BCUT2D eigenvalue weighted by molar-refractivity contribution is 5.67. The van der Waals surface area contributed by atoms with Crippen molar-refractivity contribution >= 4 is 5.97 Å². The fourth-order valence-corrected chi connectivity index (χ4v) is 3.35. The highest BCUT2D eigenvalue weighted by Crippen LogP contribution is 2.36. The van der Waals surface area contributed by atoms with Gasteiger partial charge in [-0.25, -0.2) is 0 Å². The SMILES string of the molecule is CC(C)CCC1=C(COc2ccc(CCC(=O)O)c(C(F)(F)F)c2)CCC1. The van der Waals surface area contributed by atoms with Gasteiger partial charge in [-0.05, 0) is 67.7 Å². The molecule has 3 nitrogen and oxygen atoms in total. The molecular formula is C21H27F3O3. The summed E-state index contributed by atoms with van der Waals surface area (Å²) < 4.78 is 45.6. The van der Waals surface area contributed by atoms with E-state index >= 15 is 0 Å². The standard InChI is InChI=1S/C21H27F3O3/c1-14(2)6-7-15-4-3-5-17(15)13-27-18-10-8-16(9-11-20(25)26)19(12-18)21(22,23)24/h8,10,12,14H,3-7,9,11,13H2,1-2H3,(H,25,26). The quantitative estimate of drug-likeness (QED) is 0.530. The van der Waals surface area contributed by atoms with Gasteiger partial charge in [-0.3, -0.25) is 4.79 Å². The molecule has 0 fully saturated rings. The number of hydrogen-bond acceptors (Lipinski definition) is 2. The summed E-state index contributed by atoms with van der Waals surface area (Å²) in [7, 11) is 0. The second-order valence-corrected chi connectivity index (χ2v) is 7.49. The maximum atomic E-state index is 13.3. The van der Waals surface area contributed by atoms with Crippen LogP contribution in [0.25, 0.3) is 0 Å². The van der Waals surface area contributed by atoms with Crippen LogP contribution in [0.1, 0.15) is 63.5 Å². The van der Waals surface area contributed by atoms with Crippen molar-refractivity contribution in [3.63, 3.8) is 0 Å². The van der Waals surface area contributed by atoms with Crippen molar-refractivity contribution in [2.45, 2.75) is 65.0 Å². The van der Waals surface area contributed by atoms with Crippen molar-refractivity contribution in [2.24, 2.45) is 5.92 Å². The molecule has 0 saturated heterocycles. The molecule has 0 atom stereocenters. The smallest absolute Gasteiger partial charge is 0.416 e. The van der Waals surface area contributed by atoms with E-state index in [0.29, 0.717) is 12.5 Å². The number of carboxylic acids is 1. The molecule has 27 heavy (non-hydrogen) atoms. The normalized spacial score (nSPS) is 14.9. The summed E-state index contributed by atoms with van der Waals surface area (Å²) in [6.07, 6.45) is 0.165. The number of rotatable bonds is 9. The van der Waals surface area contributed by atoms with E-state index in [1.54, 1.807) is 0 Å². The Labute approximate surface area is 158 Å². The Balaban J connectivity index is 2.10. The van der Waals surface area contributed by atoms with Crippen LogP contribution < -0.4 is 4.74 Å². The van der Waals surface area contributed by atoms with Gasteiger partial charge in [0.1, 0.15) is 12.4 Å². The Morgan fingerprint density at radius 2 is 1.89 bits per heavy atom. The molecule has 0 aromatic heterocycles. The van der Waals surface area contributed by atoms with Gasteiger partial charge in [0.25, 0.3) is 0 Å². The van der Waals surface area contributed by atoms with E-state index in [-0.39, 0.29) is 24.2 Å². The maximum absolute atomic E-state index is 13.3. The minimum absolute atomic E-state index is 0.0186. The molecule has 0 heterocycles. The van der Waals surface area contributed by atoms with Crippen LogP contribution in [0.5, 0.6) is 5.75 Å². The Morgan fingerprint density at radius 3 is 2.52 bits per heavy atom. The average Bonchev–Trinajstić information content (AvgIpc) is 3.03. The van der Waals surface area contributed by atoms with Gasteiger partial charge >= 0.3 is 12.1 Å². The number of allylic oxidation sites excluding steroid dienone is 1. The Kier molecular flexibility index (Phi) is 7.33. The fraction of sp³-hybridized carbons (Fsp3) is 0.571. The molecule has 0 bridgehead atoms. The third-order valence-electron chi connectivity index (χ3n) is 4.89. The highest BCUT2D eigenvalue weighted by atomic mass is 19.4. The van der Waals surface area contributed by atoms with E-state index in [0.717, 1.165) is 38.2 Å². The molecule has 6 heteroatoms. The molecule has 1 aromatic carbocycles. The number of ether oxygens (including phenoxy) is 1. The molecule has 0 unspecified atom stereocenters. The third-order valence-corrected chi connectivity index (χ3v) is 4.89. The zero-order valence-electron chi connectivity index (χ0n) is 15.9. The van der Waals surface area contributed by atoms with E-state index in [2.05, 4.69) is 13.8 Å². The van der Waals surface area contributed by atoms with Crippen molar-refractivity contribution in [2.75, 3.05) is 6.61 Å². The molecule has 1 aromatic rings. The second-order valence-electron chi connectivity index (χ2n) is 7.49. The van der Waals surface area contributed by atoms with E-state index in [1.807, 2.05) is 0 Å². The minimum Gasteiger partial charge on any atom is -0.489 e. The van der Waals surface area contributed by atoms with Crippen LogP contribution in [0, 0.1) is 5.92 Å². The first-order valence-electron chi connectivity index (χ1n) is 9.41. The number of halogens is 3. The molecule has 2 rings (SSSR count). The molecule has 0 aliphatic heterocycles. The van der Waals surface area contributed by atoms with Crippen molar-refractivity contribution in [3.05, 3.63) is 40.5 Å². The first kappa shape index (κ1) is 21.3. The molecule has 1 aliphatic carbocycles. The maximum Gasteiger partial charge on any atom is 0.416 e. The fourth-order valence-electron chi connectivity index (χ4n) is 3.35. The zero-order valence-corrected chi connectivity index (χ0v) is 15.9. The number of aryl methyl sites for hydroxylation is 1. The van der Waals surface area contributed by atoms with Crippen molar-refractivity contribution < 1.29 is 27.8 Å². The molecule has 0 spiro atoms. The number of aliphatic carboxylic acids is 1. The molecule has 0 saturated carbocycles. The summed E-state index contributed by atoms with van der Waals surface area (Å²) in [5.74, 6) is -0.331. The van der Waals surface area contributed by atoms with Crippen LogP contribution in [0.3, 0.4) is 0 Å². The van der Waals surface area contributed by atoms with E-state index < -0.39 is 17.7 Å². The Hall–Kier alpha value is -1.98. The number of alkyl halides is 3. The van der Waals surface area contributed by atoms with Gasteiger partial charge in [-0.2, -0.15) is 13.2 Å². The molecule has 1 aliphatic rings. The van der Waals surface area contributed by atoms with E-state index in [4.69, 9.17) is 9.84 Å². The number of carboxylic acid groups (broad SMARTS) is 1. The van der Waals surface area contributed by atoms with Gasteiger partial charge in [0.2, 0.25) is 0 Å². The summed E-state index contributed by atoms with van der Waals surface area (Å²) in [5, 5.41) is 8.72. The lowest BCUT2D eigenvalue weighted by Crippen LogP contribution is -2.11. The number of benzene rings is 1. The van der Waals surface area contributed by atoms with Gasteiger partial charge in [-0.15, -0.1) is 0 Å². The largest absolute Gasteiger partial charge is 0.489 e. The molecular weight excluding hydrogens is 357 g/mol. The second kappa shape index (κ2) is 9.29. The van der Waals surface area contributed by atoms with Crippen LogP contribution in [-0.2, 0) is 17.4 Å². The lowest BCUT2D eigenvalue weighted by molar-refractivity contribution is -0.140. The number of carbonyl (C=O) groups is 1. The van der Waals surface area contributed by atoms with Gasteiger partial charge in [-0.1, -0.05) is 25.5 Å². The van der Waals surface area contributed by atoms with Crippen molar-refractivity contribution in [1.29, 1.82) is 0 Å². The lowest BCUT2D eigenvalue weighted by atomic mass is 10.0. The molecule has 150 valence electrons. The summed E-state index contributed by atoms with van der Waals surface area (Å²) in [5.41, 5.74) is 1.76. The Morgan fingerprint density at radius 1 is 1.19 bits per heavy atom. The minimum atomic E-state index is -4.54. The van der Waals surface area contributed by atoms with Gasteiger partial charge < -0.3 is 9.84 Å². The predicted molar refractivity (Wildman–Crippen MR) is 97.8 cm³/mol. The topological polar surface area (TPSA) is 46.5 Å². The van der Waals surface area contributed by atoms with E-state index in [1.165, 1.54) is 23.3 Å².